The van der Waals surface area contributed by atoms with E-state index < -0.39 is 0 Å². The highest BCUT2D eigenvalue weighted by Crippen LogP contribution is 2.51. The van der Waals surface area contributed by atoms with E-state index in [4.69, 9.17) is 0 Å². The van der Waals surface area contributed by atoms with Crippen LogP contribution in [0.3, 0.4) is 0 Å². The molecule has 3 heterocycles. The van der Waals surface area contributed by atoms with Gasteiger partial charge in [0.2, 0.25) is 0 Å². The molecule has 524 valence electrons. The fourth-order valence-electron chi connectivity index (χ4n) is 17.2. The topological polar surface area (TPSA) is 24.5 Å². The first-order valence-electron chi connectivity index (χ1n) is 38.1. The van der Waals surface area contributed by atoms with Crippen LogP contribution < -0.4 is 14.7 Å². The van der Waals surface area contributed by atoms with Gasteiger partial charge in [-0.25, -0.2) is 0 Å². The second-order valence-electron chi connectivity index (χ2n) is 32.7. The van der Waals surface area contributed by atoms with Gasteiger partial charge in [-0.1, -0.05) is 244 Å². The first-order chi connectivity index (χ1) is 52.5. The highest BCUT2D eigenvalue weighted by Gasteiger charge is 2.32. The molecule has 1 atom stereocenters. The number of benzene rings is 15. The molecule has 0 saturated heterocycles. The van der Waals surface area contributed by atoms with E-state index in [2.05, 4.69) is 430 Å². The number of para-hydroxylation sites is 3. The minimum absolute atomic E-state index is 0.0450. The lowest BCUT2D eigenvalue weighted by Crippen LogP contribution is -2.22. The second-order valence-corrected chi connectivity index (χ2v) is 32.7. The van der Waals surface area contributed by atoms with Crippen LogP contribution in [0, 0.1) is 11.3 Å². The van der Waals surface area contributed by atoms with E-state index in [1.54, 1.807) is 0 Å². The van der Waals surface area contributed by atoms with Gasteiger partial charge < -0.3 is 28.4 Å². The largest absolute Gasteiger partial charge is 0.310 e. The summed E-state index contributed by atoms with van der Waals surface area (Å²) in [4.78, 5) is 7.49. The monoisotopic (exact) mass is 1390 g/mol. The zero-order valence-corrected chi connectivity index (χ0v) is 62.8. The molecule has 6 heteroatoms. The Labute approximate surface area is 632 Å². The number of allylic oxidation sites excluding steroid dienone is 1. The number of nitrogens with zero attached hydrogens (tertiary/aromatic N) is 6. The molecule has 0 aliphatic heterocycles. The van der Waals surface area contributed by atoms with E-state index in [1.807, 2.05) is 0 Å². The summed E-state index contributed by atoms with van der Waals surface area (Å²) in [5.41, 5.74) is 23.6. The van der Waals surface area contributed by atoms with E-state index in [0.717, 1.165) is 80.0 Å². The number of hydrogen-bond donors (Lipinski definition) is 0. The predicted octanol–water partition coefficient (Wildman–Crippen LogP) is 28.5. The van der Waals surface area contributed by atoms with Gasteiger partial charge >= 0.3 is 0 Å². The van der Waals surface area contributed by atoms with Gasteiger partial charge in [-0.3, -0.25) is 0 Å². The van der Waals surface area contributed by atoms with Gasteiger partial charge in [0.15, 0.2) is 0 Å². The van der Waals surface area contributed by atoms with E-state index >= 15 is 0 Å². The highest BCUT2D eigenvalue weighted by atomic mass is 15.2. The molecule has 1 unspecified atom stereocenters. The lowest BCUT2D eigenvalue weighted by Gasteiger charge is -2.33. The fraction of sp³-hybridized carbons (Fsp3) is 0.137. The van der Waals surface area contributed by atoms with Crippen LogP contribution in [0.4, 0.5) is 51.2 Å². The summed E-state index contributed by atoms with van der Waals surface area (Å²) in [5.74, 6) is 0.335. The molecule has 0 spiro atoms. The van der Waals surface area contributed by atoms with Crippen molar-refractivity contribution in [1.82, 2.24) is 13.7 Å². The molecule has 0 radical (unpaired) electrons. The Balaban J connectivity index is 0.892. The van der Waals surface area contributed by atoms with Gasteiger partial charge in [0, 0.05) is 82.9 Å². The summed E-state index contributed by atoms with van der Waals surface area (Å²) in [6.07, 6.45) is 5.81. The third kappa shape index (κ3) is 11.2. The lowest BCUT2D eigenvalue weighted by molar-refractivity contribution is 0.291. The van der Waals surface area contributed by atoms with Crippen molar-refractivity contribution in [3.05, 3.63) is 356 Å². The second kappa shape index (κ2) is 25.6. The Bertz CT molecular complexity index is 6310. The van der Waals surface area contributed by atoms with Crippen LogP contribution in [-0.2, 0) is 17.3 Å². The van der Waals surface area contributed by atoms with Gasteiger partial charge in [0.1, 0.15) is 0 Å². The smallest absolute Gasteiger partial charge is 0.0542 e. The van der Waals surface area contributed by atoms with Gasteiger partial charge in [0.05, 0.1) is 61.7 Å². The first-order valence-corrected chi connectivity index (χ1v) is 38.1. The van der Waals surface area contributed by atoms with Crippen LogP contribution in [0.1, 0.15) is 84.7 Å². The summed E-state index contributed by atoms with van der Waals surface area (Å²) in [5, 5.41) is 13.3. The van der Waals surface area contributed by atoms with Crippen LogP contribution in [0.2, 0.25) is 0 Å². The van der Waals surface area contributed by atoms with Crippen molar-refractivity contribution in [2.45, 2.75) is 79.6 Å². The molecule has 108 heavy (non-hydrogen) atoms. The molecule has 0 fully saturated rings. The molecule has 15 aromatic carbocycles. The summed E-state index contributed by atoms with van der Waals surface area (Å²) in [6.45, 7) is 21.1. The number of hydrogen-bond acceptors (Lipinski definition) is 3. The summed E-state index contributed by atoms with van der Waals surface area (Å²) in [6, 6.07) is 123. The van der Waals surface area contributed by atoms with Crippen LogP contribution in [0.5, 0.6) is 0 Å². The molecule has 1 aliphatic carbocycles. The molecule has 0 saturated carbocycles. The summed E-state index contributed by atoms with van der Waals surface area (Å²) >= 11 is 0. The Kier molecular flexibility index (Phi) is 15.6. The maximum atomic E-state index is 2.54. The van der Waals surface area contributed by atoms with Gasteiger partial charge in [0.25, 0.3) is 0 Å². The Morgan fingerprint density at radius 3 is 0.944 bits per heavy atom. The van der Waals surface area contributed by atoms with Gasteiger partial charge in [-0.15, -0.1) is 0 Å². The third-order valence-electron chi connectivity index (χ3n) is 22.9. The van der Waals surface area contributed by atoms with E-state index in [0.29, 0.717) is 5.92 Å². The third-order valence-corrected chi connectivity index (χ3v) is 22.9. The van der Waals surface area contributed by atoms with Crippen molar-refractivity contribution in [3.63, 3.8) is 0 Å². The Morgan fingerprint density at radius 2 is 0.574 bits per heavy atom. The fourth-order valence-corrected chi connectivity index (χ4v) is 17.2. The molecule has 19 rings (SSSR count). The molecular formula is C102H86N6. The Hall–Kier alpha value is -12.6. The maximum absolute atomic E-state index is 2.54. The lowest BCUT2D eigenvalue weighted by atomic mass is 9.74. The van der Waals surface area contributed by atoms with Crippen molar-refractivity contribution >= 4 is 144 Å². The summed E-state index contributed by atoms with van der Waals surface area (Å²) < 4.78 is 7.52. The molecule has 0 bridgehead atoms. The average molecular weight is 1400 g/mol. The molecule has 18 aromatic rings. The van der Waals surface area contributed by atoms with E-state index in [1.165, 1.54) is 104 Å². The van der Waals surface area contributed by atoms with Crippen molar-refractivity contribution in [1.29, 1.82) is 0 Å². The Morgan fingerprint density at radius 1 is 0.259 bits per heavy atom. The first kappa shape index (κ1) is 66.1. The SMILES string of the molecule is CC(C)(C)c1ccc2c(c1)c1cc(N(c3ccccc3)c3cc(N(c4ccccc4)c4ccc5c(c4)c4c(n5-c5cccc6ccccc56)C=CC(C(C)(C)C)C4)cc(N(c4ccccc4)c4ccc5c(c4)c4cc(C(C)(C)C)ccc4n5-c4cccc5ccccc45)c3)ccc1n2-c1cccc2ccccc12. The zero-order chi connectivity index (χ0) is 73.3. The highest BCUT2D eigenvalue weighted by molar-refractivity contribution is 6.14. The van der Waals surface area contributed by atoms with Crippen LogP contribution in [0.25, 0.3) is 110 Å². The molecule has 3 aromatic heterocycles. The number of aromatic nitrogens is 3. The van der Waals surface area contributed by atoms with Crippen molar-refractivity contribution in [2.24, 2.45) is 11.3 Å². The number of fused-ring (bicyclic) bond motifs is 12. The average Bonchev–Trinajstić information content (AvgIpc) is 1.58. The molecule has 1 aliphatic rings. The predicted molar refractivity (Wildman–Crippen MR) is 462 cm³/mol. The zero-order valence-electron chi connectivity index (χ0n) is 62.8. The van der Waals surface area contributed by atoms with Crippen molar-refractivity contribution in [3.8, 4) is 17.1 Å². The van der Waals surface area contributed by atoms with Crippen molar-refractivity contribution in [2.75, 3.05) is 14.7 Å². The normalized spacial score (nSPS) is 13.4. The van der Waals surface area contributed by atoms with Crippen LogP contribution in [-0.4, -0.2) is 13.7 Å². The molecule has 6 nitrogen and oxygen atoms in total. The molecule has 0 amide bonds. The quantitative estimate of drug-likeness (QED) is 0.122. The molecule has 0 N–H and O–H groups in total. The van der Waals surface area contributed by atoms with Crippen LogP contribution >= 0.6 is 0 Å². The standard InChI is InChI=1S/C102H86N6/c1-100(2,3)70-46-52-94-85(58-70)88-64-76(49-55-97(88)106(94)91-43-25-31-67-28-19-22-40-82(67)91)103(73-34-13-10-14-35-73)79-61-80(104(74-36-15-11-16-37-74)77-50-56-98-89(65-77)86-59-71(101(4,5)6)47-53-95(86)107(98)92-44-26-32-68-29-20-23-41-83(68)92)63-81(62-79)105(75-38-17-12-18-39-75)78-51-57-99-90(66-78)87-60-72(102(7,8)9)48-54-96(87)108(99)93-45-27-33-69-30-21-24-42-84(69)93/h10-59,61-66,72H,60H2,1-9H3. The van der Waals surface area contributed by atoms with Gasteiger partial charge in [-0.2, -0.15) is 0 Å². The van der Waals surface area contributed by atoms with Crippen LogP contribution in [0.15, 0.2) is 334 Å². The van der Waals surface area contributed by atoms with E-state index in [-0.39, 0.29) is 16.2 Å². The minimum atomic E-state index is -0.0912. The van der Waals surface area contributed by atoms with Crippen molar-refractivity contribution < 1.29 is 0 Å². The summed E-state index contributed by atoms with van der Waals surface area (Å²) in [7, 11) is 0. The van der Waals surface area contributed by atoms with E-state index in [9.17, 15) is 0 Å². The van der Waals surface area contributed by atoms with Gasteiger partial charge in [-0.05, 0) is 219 Å². The minimum Gasteiger partial charge on any atom is -0.310 e. The molecular weight excluding hydrogens is 1310 g/mol. The maximum Gasteiger partial charge on any atom is 0.0542 e. The number of rotatable bonds is 12. The number of anilines is 9.